The Morgan fingerprint density at radius 2 is 2.00 bits per heavy atom. The molecule has 3 N–H and O–H groups in total. The molecule has 1 atom stereocenters. The standard InChI is InChI=1S/C15H20FN3O3/c16-13-6-2-1-5-12(13)14(21)17-7-8-18-15(22)19-9-3-4-11(20)10-19/h1-2,5-6,11,20H,3-4,7-10H2,(H,17,21)(H,18,22)/t11-/m1/s1. The molecule has 1 aromatic carbocycles. The largest absolute Gasteiger partial charge is 0.391 e. The molecule has 0 aromatic heterocycles. The lowest BCUT2D eigenvalue weighted by molar-refractivity contribution is 0.0842. The van der Waals surface area contributed by atoms with Crippen LogP contribution < -0.4 is 10.6 Å². The van der Waals surface area contributed by atoms with Crippen LogP contribution in [0.2, 0.25) is 0 Å². The number of hydrogen-bond acceptors (Lipinski definition) is 3. The number of amides is 3. The number of benzene rings is 1. The molecule has 0 bridgehead atoms. The molecular formula is C15H20FN3O3. The number of β-amino-alcohol motifs (C(OH)–C–C–N with tert-alkyl or cyclic N) is 1. The van der Waals surface area contributed by atoms with Crippen LogP contribution in [0.1, 0.15) is 23.2 Å². The number of nitrogens with one attached hydrogen (secondary N) is 2. The lowest BCUT2D eigenvalue weighted by Crippen LogP contribution is -2.48. The second-order valence-corrected chi connectivity index (χ2v) is 5.21. The van der Waals surface area contributed by atoms with Gasteiger partial charge in [0.05, 0.1) is 11.7 Å². The normalized spacial score (nSPS) is 17.9. The van der Waals surface area contributed by atoms with Crippen LogP contribution in [0.4, 0.5) is 9.18 Å². The Morgan fingerprint density at radius 3 is 2.73 bits per heavy atom. The van der Waals surface area contributed by atoms with Crippen molar-refractivity contribution in [3.05, 3.63) is 35.6 Å². The number of nitrogens with zero attached hydrogens (tertiary/aromatic N) is 1. The lowest BCUT2D eigenvalue weighted by Gasteiger charge is -2.30. The summed E-state index contributed by atoms with van der Waals surface area (Å²) in [5, 5.41) is 14.7. The highest BCUT2D eigenvalue weighted by Gasteiger charge is 2.21. The van der Waals surface area contributed by atoms with E-state index in [1.165, 1.54) is 18.2 Å². The van der Waals surface area contributed by atoms with Crippen molar-refractivity contribution >= 4 is 11.9 Å². The van der Waals surface area contributed by atoms with Crippen LogP contribution in [-0.4, -0.2) is 54.2 Å². The predicted octanol–water partition coefficient (Wildman–Crippen LogP) is 0.722. The van der Waals surface area contributed by atoms with Crippen molar-refractivity contribution in [3.63, 3.8) is 0 Å². The van der Waals surface area contributed by atoms with E-state index in [0.29, 0.717) is 19.5 Å². The number of likely N-dealkylation sites (tertiary alicyclic amines) is 1. The molecule has 1 fully saturated rings. The maximum Gasteiger partial charge on any atom is 0.317 e. The highest BCUT2D eigenvalue weighted by atomic mass is 19.1. The van der Waals surface area contributed by atoms with Gasteiger partial charge in [-0.25, -0.2) is 9.18 Å². The van der Waals surface area contributed by atoms with Crippen molar-refractivity contribution in [1.29, 1.82) is 0 Å². The number of rotatable bonds is 4. The maximum absolute atomic E-state index is 13.4. The Balaban J connectivity index is 1.69. The third-order valence-corrected chi connectivity index (χ3v) is 3.49. The first-order chi connectivity index (χ1) is 10.6. The first-order valence-corrected chi connectivity index (χ1v) is 7.31. The van der Waals surface area contributed by atoms with Gasteiger partial charge in [-0.1, -0.05) is 12.1 Å². The minimum atomic E-state index is -0.577. The molecule has 1 heterocycles. The van der Waals surface area contributed by atoms with E-state index >= 15 is 0 Å². The second-order valence-electron chi connectivity index (χ2n) is 5.21. The lowest BCUT2D eigenvalue weighted by atomic mass is 10.1. The number of carbonyl (C=O) groups excluding carboxylic acids is 2. The molecule has 1 aliphatic rings. The highest BCUT2D eigenvalue weighted by Crippen LogP contribution is 2.09. The molecule has 120 valence electrons. The summed E-state index contributed by atoms with van der Waals surface area (Å²) in [7, 11) is 0. The fraction of sp³-hybridized carbons (Fsp3) is 0.467. The van der Waals surface area contributed by atoms with E-state index in [2.05, 4.69) is 10.6 Å². The molecule has 1 aromatic rings. The summed E-state index contributed by atoms with van der Waals surface area (Å²) >= 11 is 0. The molecule has 0 spiro atoms. The average Bonchev–Trinajstić information content (AvgIpc) is 2.51. The van der Waals surface area contributed by atoms with Crippen molar-refractivity contribution in [3.8, 4) is 0 Å². The van der Waals surface area contributed by atoms with E-state index in [1.807, 2.05) is 0 Å². The van der Waals surface area contributed by atoms with Gasteiger partial charge >= 0.3 is 6.03 Å². The number of aliphatic hydroxyl groups excluding tert-OH is 1. The monoisotopic (exact) mass is 309 g/mol. The number of urea groups is 1. The number of aliphatic hydroxyl groups is 1. The number of halogens is 1. The van der Waals surface area contributed by atoms with E-state index < -0.39 is 17.8 Å². The number of hydrogen-bond donors (Lipinski definition) is 3. The van der Waals surface area contributed by atoms with Crippen LogP contribution >= 0.6 is 0 Å². The van der Waals surface area contributed by atoms with Crippen molar-refractivity contribution in [1.82, 2.24) is 15.5 Å². The van der Waals surface area contributed by atoms with Crippen molar-refractivity contribution in [2.45, 2.75) is 18.9 Å². The molecule has 2 rings (SSSR count). The molecule has 0 unspecified atom stereocenters. The Kier molecular flexibility index (Phi) is 5.71. The topological polar surface area (TPSA) is 81.7 Å². The van der Waals surface area contributed by atoms with E-state index in [1.54, 1.807) is 11.0 Å². The zero-order chi connectivity index (χ0) is 15.9. The van der Waals surface area contributed by atoms with Crippen molar-refractivity contribution in [2.75, 3.05) is 26.2 Å². The molecule has 0 saturated carbocycles. The Labute approximate surface area is 128 Å². The molecule has 7 heteroatoms. The molecule has 0 aliphatic carbocycles. The van der Waals surface area contributed by atoms with Crippen LogP contribution in [0.5, 0.6) is 0 Å². The van der Waals surface area contributed by atoms with E-state index in [4.69, 9.17) is 0 Å². The molecule has 22 heavy (non-hydrogen) atoms. The molecule has 1 aliphatic heterocycles. The predicted molar refractivity (Wildman–Crippen MR) is 78.9 cm³/mol. The second kappa shape index (κ2) is 7.74. The zero-order valence-electron chi connectivity index (χ0n) is 12.2. The molecule has 1 saturated heterocycles. The summed E-state index contributed by atoms with van der Waals surface area (Å²) in [6.45, 7) is 1.39. The van der Waals surface area contributed by atoms with Gasteiger partial charge in [0.15, 0.2) is 0 Å². The summed E-state index contributed by atoms with van der Waals surface area (Å²) in [5.74, 6) is -1.09. The van der Waals surface area contributed by atoms with Crippen molar-refractivity contribution in [2.24, 2.45) is 0 Å². The van der Waals surface area contributed by atoms with Gasteiger partial charge in [-0.15, -0.1) is 0 Å². The van der Waals surface area contributed by atoms with E-state index in [-0.39, 0.29) is 24.7 Å². The quantitative estimate of drug-likeness (QED) is 0.717. The van der Waals surface area contributed by atoms with Crippen LogP contribution in [0, 0.1) is 5.82 Å². The van der Waals surface area contributed by atoms with Crippen LogP contribution in [0.15, 0.2) is 24.3 Å². The molecule has 6 nitrogen and oxygen atoms in total. The fourth-order valence-corrected chi connectivity index (χ4v) is 2.34. The van der Waals surface area contributed by atoms with E-state index in [0.717, 1.165) is 6.42 Å². The number of piperidine rings is 1. The first-order valence-electron chi connectivity index (χ1n) is 7.31. The van der Waals surface area contributed by atoms with Gasteiger partial charge in [-0.2, -0.15) is 0 Å². The van der Waals surface area contributed by atoms with Crippen LogP contribution in [-0.2, 0) is 0 Å². The van der Waals surface area contributed by atoms with Gasteiger partial charge in [0, 0.05) is 26.2 Å². The summed E-state index contributed by atoms with van der Waals surface area (Å²) in [6, 6.07) is 5.45. The van der Waals surface area contributed by atoms with Gasteiger partial charge < -0.3 is 20.6 Å². The fourth-order valence-electron chi connectivity index (χ4n) is 2.34. The molecular weight excluding hydrogens is 289 g/mol. The maximum atomic E-state index is 13.4. The summed E-state index contributed by atoms with van der Waals surface area (Å²) in [4.78, 5) is 25.1. The van der Waals surface area contributed by atoms with Gasteiger partial charge in [-0.05, 0) is 25.0 Å². The minimum absolute atomic E-state index is 0.0204. The summed E-state index contributed by atoms with van der Waals surface area (Å²) < 4.78 is 13.4. The zero-order valence-corrected chi connectivity index (χ0v) is 12.2. The SMILES string of the molecule is O=C(NCCNC(=O)N1CCC[C@@H](O)C1)c1ccccc1F. The van der Waals surface area contributed by atoms with Gasteiger partial charge in [0.1, 0.15) is 5.82 Å². The summed E-state index contributed by atoms with van der Waals surface area (Å²) in [5.41, 5.74) is -0.0204. The van der Waals surface area contributed by atoms with Gasteiger partial charge in [0.2, 0.25) is 0 Å². The Hall–Kier alpha value is -2.15. The third-order valence-electron chi connectivity index (χ3n) is 3.49. The summed E-state index contributed by atoms with van der Waals surface area (Å²) in [6.07, 6.45) is 1.02. The Bertz CT molecular complexity index is 539. The van der Waals surface area contributed by atoms with Crippen molar-refractivity contribution < 1.29 is 19.1 Å². The first kappa shape index (κ1) is 16.2. The van der Waals surface area contributed by atoms with Gasteiger partial charge in [0.25, 0.3) is 5.91 Å². The van der Waals surface area contributed by atoms with E-state index in [9.17, 15) is 19.1 Å². The average molecular weight is 309 g/mol. The third kappa shape index (κ3) is 4.42. The minimum Gasteiger partial charge on any atom is -0.391 e. The Morgan fingerprint density at radius 1 is 1.27 bits per heavy atom. The molecule has 0 radical (unpaired) electrons. The van der Waals surface area contributed by atoms with Crippen LogP contribution in [0.3, 0.4) is 0 Å². The molecule has 3 amide bonds. The van der Waals surface area contributed by atoms with Gasteiger partial charge in [-0.3, -0.25) is 4.79 Å². The highest BCUT2D eigenvalue weighted by molar-refractivity contribution is 5.94. The van der Waals surface area contributed by atoms with Crippen LogP contribution in [0.25, 0.3) is 0 Å². The number of carbonyl (C=O) groups is 2. The smallest absolute Gasteiger partial charge is 0.317 e.